The molecule has 0 amide bonds. The van der Waals surface area contributed by atoms with Crippen LogP contribution in [0.4, 0.5) is 0 Å². The van der Waals surface area contributed by atoms with Gasteiger partial charge in [0.1, 0.15) is 12.4 Å². The number of para-hydroxylation sites is 1. The Bertz CT molecular complexity index is 317. The number of hydrogen-bond acceptors (Lipinski definition) is 2. The van der Waals surface area contributed by atoms with Crippen LogP contribution in [0.25, 0.3) is 0 Å². The van der Waals surface area contributed by atoms with Crippen molar-refractivity contribution in [1.82, 2.24) is 0 Å². The highest BCUT2D eigenvalue weighted by atomic mass is 16.5. The number of benzene rings is 1. The summed E-state index contributed by atoms with van der Waals surface area (Å²) < 4.78 is 11.5. The Kier molecular flexibility index (Phi) is 5.53. The van der Waals surface area contributed by atoms with Crippen LogP contribution in [0, 0.1) is 5.92 Å². The van der Waals surface area contributed by atoms with Gasteiger partial charge in [-0.25, -0.2) is 0 Å². The van der Waals surface area contributed by atoms with Crippen LogP contribution in [0.3, 0.4) is 0 Å². The molecule has 0 aromatic heterocycles. The summed E-state index contributed by atoms with van der Waals surface area (Å²) in [5.74, 6) is 1.68. The molecule has 2 nitrogen and oxygen atoms in total. The fourth-order valence-corrected chi connectivity index (χ4v) is 2.65. The second-order valence-electron chi connectivity index (χ2n) is 5.14. The Morgan fingerprint density at radius 1 is 1.06 bits per heavy atom. The fourth-order valence-electron chi connectivity index (χ4n) is 2.65. The molecular formula is C16H24O2. The maximum atomic E-state index is 5.88. The molecular weight excluding hydrogens is 224 g/mol. The van der Waals surface area contributed by atoms with Gasteiger partial charge in [0.25, 0.3) is 0 Å². The Morgan fingerprint density at radius 3 is 2.50 bits per heavy atom. The van der Waals surface area contributed by atoms with Crippen molar-refractivity contribution in [2.45, 2.75) is 45.1 Å². The Balaban J connectivity index is 1.60. The second kappa shape index (κ2) is 7.42. The highest BCUT2D eigenvalue weighted by Gasteiger charge is 2.20. The summed E-state index contributed by atoms with van der Waals surface area (Å²) in [5.41, 5.74) is 0. The van der Waals surface area contributed by atoms with E-state index in [-0.39, 0.29) is 0 Å². The molecule has 1 saturated carbocycles. The third-order valence-corrected chi connectivity index (χ3v) is 3.79. The molecule has 0 N–H and O–H groups in total. The van der Waals surface area contributed by atoms with E-state index in [9.17, 15) is 0 Å². The van der Waals surface area contributed by atoms with Crippen LogP contribution in [0.15, 0.2) is 30.3 Å². The van der Waals surface area contributed by atoms with E-state index in [2.05, 4.69) is 6.92 Å². The van der Waals surface area contributed by atoms with Gasteiger partial charge in [-0.3, -0.25) is 0 Å². The van der Waals surface area contributed by atoms with Crippen molar-refractivity contribution in [2.75, 3.05) is 13.2 Å². The van der Waals surface area contributed by atoms with E-state index in [0.717, 1.165) is 11.7 Å². The fraction of sp³-hybridized carbons (Fsp3) is 0.625. The van der Waals surface area contributed by atoms with Crippen LogP contribution in [-0.4, -0.2) is 19.3 Å². The van der Waals surface area contributed by atoms with Crippen LogP contribution >= 0.6 is 0 Å². The van der Waals surface area contributed by atoms with Crippen molar-refractivity contribution in [3.05, 3.63) is 30.3 Å². The molecule has 1 aliphatic carbocycles. The van der Waals surface area contributed by atoms with Gasteiger partial charge in [-0.2, -0.15) is 0 Å². The zero-order valence-corrected chi connectivity index (χ0v) is 11.3. The van der Waals surface area contributed by atoms with Crippen LogP contribution in [0.2, 0.25) is 0 Å². The summed E-state index contributed by atoms with van der Waals surface area (Å²) in [5, 5.41) is 0. The van der Waals surface area contributed by atoms with Gasteiger partial charge < -0.3 is 9.47 Å². The molecule has 0 radical (unpaired) electrons. The molecule has 0 saturated heterocycles. The molecule has 1 unspecified atom stereocenters. The van der Waals surface area contributed by atoms with E-state index < -0.39 is 0 Å². The summed E-state index contributed by atoms with van der Waals surface area (Å²) >= 11 is 0. The van der Waals surface area contributed by atoms with E-state index in [4.69, 9.17) is 9.47 Å². The molecule has 2 rings (SSSR count). The van der Waals surface area contributed by atoms with Crippen LogP contribution in [0.5, 0.6) is 5.75 Å². The smallest absolute Gasteiger partial charge is 0.119 e. The standard InChI is InChI=1S/C16H24O2/c1-14(15-8-4-2-5-9-15)17-12-13-18-16-10-6-3-7-11-16/h3,6-7,10-11,14-15H,2,4-5,8-9,12-13H2,1H3. The van der Waals surface area contributed by atoms with Gasteiger partial charge in [-0.05, 0) is 37.8 Å². The van der Waals surface area contributed by atoms with Crippen molar-refractivity contribution in [3.63, 3.8) is 0 Å². The zero-order valence-electron chi connectivity index (χ0n) is 11.3. The van der Waals surface area contributed by atoms with Gasteiger partial charge in [-0.1, -0.05) is 37.5 Å². The predicted molar refractivity (Wildman–Crippen MR) is 73.9 cm³/mol. The van der Waals surface area contributed by atoms with Gasteiger partial charge in [0, 0.05) is 0 Å². The van der Waals surface area contributed by atoms with E-state index in [1.807, 2.05) is 30.3 Å². The first-order valence-electron chi connectivity index (χ1n) is 7.16. The first-order chi connectivity index (χ1) is 8.86. The van der Waals surface area contributed by atoms with E-state index in [1.165, 1.54) is 32.1 Å². The van der Waals surface area contributed by atoms with Gasteiger partial charge in [0.05, 0.1) is 12.7 Å². The third-order valence-electron chi connectivity index (χ3n) is 3.79. The lowest BCUT2D eigenvalue weighted by Gasteiger charge is -2.27. The number of ether oxygens (including phenoxy) is 2. The molecule has 1 aliphatic rings. The minimum atomic E-state index is 0.379. The number of rotatable bonds is 6. The molecule has 0 aliphatic heterocycles. The summed E-state index contributed by atoms with van der Waals surface area (Å²) in [6.45, 7) is 3.53. The largest absolute Gasteiger partial charge is 0.491 e. The molecule has 1 aromatic rings. The highest BCUT2D eigenvalue weighted by Crippen LogP contribution is 2.27. The summed E-state index contributed by atoms with van der Waals surface area (Å²) in [7, 11) is 0. The molecule has 2 heteroatoms. The van der Waals surface area contributed by atoms with Gasteiger partial charge in [0.15, 0.2) is 0 Å². The van der Waals surface area contributed by atoms with Crippen molar-refractivity contribution in [1.29, 1.82) is 0 Å². The normalized spacial score (nSPS) is 18.5. The van der Waals surface area contributed by atoms with Gasteiger partial charge >= 0.3 is 0 Å². The van der Waals surface area contributed by atoms with Crippen molar-refractivity contribution < 1.29 is 9.47 Å². The molecule has 0 heterocycles. The molecule has 100 valence electrons. The van der Waals surface area contributed by atoms with E-state index >= 15 is 0 Å². The van der Waals surface area contributed by atoms with Gasteiger partial charge in [0.2, 0.25) is 0 Å². The molecule has 1 aromatic carbocycles. The zero-order chi connectivity index (χ0) is 12.6. The molecule has 0 bridgehead atoms. The minimum absolute atomic E-state index is 0.379. The average molecular weight is 248 g/mol. The van der Waals surface area contributed by atoms with Crippen LogP contribution < -0.4 is 4.74 Å². The third kappa shape index (κ3) is 4.34. The first-order valence-corrected chi connectivity index (χ1v) is 7.16. The molecule has 18 heavy (non-hydrogen) atoms. The van der Waals surface area contributed by atoms with E-state index in [1.54, 1.807) is 0 Å². The highest BCUT2D eigenvalue weighted by molar-refractivity contribution is 5.20. The lowest BCUT2D eigenvalue weighted by Crippen LogP contribution is -2.25. The Hall–Kier alpha value is -1.02. The number of hydrogen-bond donors (Lipinski definition) is 0. The Morgan fingerprint density at radius 2 is 1.78 bits per heavy atom. The molecule has 1 fully saturated rings. The first kappa shape index (κ1) is 13.4. The maximum absolute atomic E-state index is 5.88. The van der Waals surface area contributed by atoms with Crippen LogP contribution in [0.1, 0.15) is 39.0 Å². The van der Waals surface area contributed by atoms with Crippen molar-refractivity contribution in [3.8, 4) is 5.75 Å². The lowest BCUT2D eigenvalue weighted by atomic mass is 9.86. The monoisotopic (exact) mass is 248 g/mol. The summed E-state index contributed by atoms with van der Waals surface area (Å²) in [6.07, 6.45) is 7.20. The van der Waals surface area contributed by atoms with Crippen LogP contribution in [-0.2, 0) is 4.74 Å². The molecule has 1 atom stereocenters. The van der Waals surface area contributed by atoms with E-state index in [0.29, 0.717) is 19.3 Å². The Labute approximate surface area is 110 Å². The second-order valence-corrected chi connectivity index (χ2v) is 5.14. The van der Waals surface area contributed by atoms with Crippen molar-refractivity contribution >= 4 is 0 Å². The SMILES string of the molecule is CC(OCCOc1ccccc1)C1CCCCC1. The minimum Gasteiger partial charge on any atom is -0.491 e. The van der Waals surface area contributed by atoms with Gasteiger partial charge in [-0.15, -0.1) is 0 Å². The maximum Gasteiger partial charge on any atom is 0.119 e. The summed E-state index contributed by atoms with van der Waals surface area (Å²) in [4.78, 5) is 0. The summed E-state index contributed by atoms with van der Waals surface area (Å²) in [6, 6.07) is 9.92. The quantitative estimate of drug-likeness (QED) is 0.707. The topological polar surface area (TPSA) is 18.5 Å². The predicted octanol–water partition coefficient (Wildman–Crippen LogP) is 4.05. The van der Waals surface area contributed by atoms with Crippen molar-refractivity contribution in [2.24, 2.45) is 5.92 Å². The molecule has 0 spiro atoms. The average Bonchev–Trinajstić information content (AvgIpc) is 2.45. The lowest BCUT2D eigenvalue weighted by molar-refractivity contribution is -0.000392.